The Balaban J connectivity index is 1.30. The number of carbonyl (C=O) groups is 1. The van der Waals surface area contributed by atoms with E-state index in [1.54, 1.807) is 18.7 Å². The van der Waals surface area contributed by atoms with Crippen LogP contribution >= 0.6 is 11.3 Å². The number of carbonyl (C=O) groups excluding carboxylic acids is 1. The summed E-state index contributed by atoms with van der Waals surface area (Å²) in [5, 5.41) is 2.46. The average Bonchev–Trinajstić information content (AvgIpc) is 3.46. The molecule has 0 aliphatic carbocycles. The smallest absolute Gasteiger partial charge is 0.358 e. The van der Waals surface area contributed by atoms with Gasteiger partial charge in [0.1, 0.15) is 35.5 Å². The average molecular weight is 436 g/mol. The van der Waals surface area contributed by atoms with Gasteiger partial charge in [0.25, 0.3) is 0 Å². The molecule has 0 saturated carbocycles. The van der Waals surface area contributed by atoms with E-state index in [4.69, 9.17) is 14.2 Å². The quantitative estimate of drug-likeness (QED) is 0.380. The zero-order valence-electron chi connectivity index (χ0n) is 17.1. The number of benzene rings is 2. The van der Waals surface area contributed by atoms with E-state index in [0.717, 1.165) is 33.5 Å². The van der Waals surface area contributed by atoms with Gasteiger partial charge in [0, 0.05) is 30.4 Å². The predicted molar refractivity (Wildman–Crippen MR) is 117 cm³/mol. The Labute approximate surface area is 183 Å². The minimum atomic E-state index is -0.453. The van der Waals surface area contributed by atoms with Crippen LogP contribution in [0.5, 0.6) is 11.5 Å². The molecule has 8 heteroatoms. The van der Waals surface area contributed by atoms with Crippen molar-refractivity contribution in [3.05, 3.63) is 83.4 Å². The van der Waals surface area contributed by atoms with E-state index in [2.05, 4.69) is 9.97 Å². The van der Waals surface area contributed by atoms with Crippen molar-refractivity contribution in [3.8, 4) is 22.1 Å². The minimum absolute atomic E-state index is 0.161. The van der Waals surface area contributed by atoms with E-state index in [1.807, 2.05) is 66.3 Å². The summed E-state index contributed by atoms with van der Waals surface area (Å²) in [5.74, 6) is 1.89. The number of hydrogen-bond acceptors (Lipinski definition) is 7. The van der Waals surface area contributed by atoms with E-state index in [0.29, 0.717) is 12.3 Å². The summed E-state index contributed by atoms with van der Waals surface area (Å²) in [4.78, 5) is 21.0. The second-order valence-electron chi connectivity index (χ2n) is 6.73. The lowest BCUT2D eigenvalue weighted by molar-refractivity contribution is 0.0467. The summed E-state index contributed by atoms with van der Waals surface area (Å²) in [6, 6.07) is 15.0. The van der Waals surface area contributed by atoms with E-state index in [1.165, 1.54) is 11.3 Å². The summed E-state index contributed by atoms with van der Waals surface area (Å²) >= 11 is 1.40. The highest BCUT2D eigenvalue weighted by atomic mass is 32.1. The van der Waals surface area contributed by atoms with Crippen molar-refractivity contribution in [1.29, 1.82) is 0 Å². The molecule has 0 bridgehead atoms. The molecule has 2 aromatic heterocycles. The molecule has 2 aromatic carbocycles. The largest absolute Gasteiger partial charge is 0.497 e. The first-order valence-corrected chi connectivity index (χ1v) is 10.5. The number of imidazole rings is 1. The molecule has 0 atom stereocenters. The zero-order chi connectivity index (χ0) is 21.6. The normalized spacial score (nSPS) is 10.6. The first-order valence-electron chi connectivity index (χ1n) is 9.57. The highest BCUT2D eigenvalue weighted by Crippen LogP contribution is 2.26. The van der Waals surface area contributed by atoms with Crippen molar-refractivity contribution >= 4 is 17.3 Å². The summed E-state index contributed by atoms with van der Waals surface area (Å²) in [6.07, 6.45) is 3.61. The third-order valence-corrected chi connectivity index (χ3v) is 5.52. The van der Waals surface area contributed by atoms with Gasteiger partial charge in [-0.2, -0.15) is 0 Å². The Morgan fingerprint density at radius 2 is 1.77 bits per heavy atom. The standard InChI is InChI=1S/C23H21N3O4S/c1-26-12-11-24-21(26)14-29-19-7-3-16(4-8-19)13-30-23(27)20-15-31-22(25-20)17-5-9-18(28-2)10-6-17/h3-12,15H,13-14H2,1-2H3. The SMILES string of the molecule is COc1ccc(-c2nc(C(=O)OCc3ccc(OCc4nccn4C)cc3)cs2)cc1. The van der Waals surface area contributed by atoms with E-state index < -0.39 is 5.97 Å². The second-order valence-corrected chi connectivity index (χ2v) is 7.59. The maximum atomic E-state index is 12.4. The van der Waals surface area contributed by atoms with Gasteiger partial charge in [0.15, 0.2) is 5.69 Å². The highest BCUT2D eigenvalue weighted by molar-refractivity contribution is 7.13. The van der Waals surface area contributed by atoms with Gasteiger partial charge in [-0.1, -0.05) is 12.1 Å². The van der Waals surface area contributed by atoms with Gasteiger partial charge in [-0.05, 0) is 42.0 Å². The van der Waals surface area contributed by atoms with Crippen molar-refractivity contribution in [2.24, 2.45) is 7.05 Å². The molecule has 0 aliphatic heterocycles. The van der Waals surface area contributed by atoms with Gasteiger partial charge >= 0.3 is 5.97 Å². The van der Waals surface area contributed by atoms with Crippen LogP contribution < -0.4 is 9.47 Å². The van der Waals surface area contributed by atoms with Gasteiger partial charge in [0.05, 0.1) is 7.11 Å². The maximum Gasteiger partial charge on any atom is 0.358 e. The Bertz CT molecular complexity index is 1150. The molecule has 7 nitrogen and oxygen atoms in total. The Morgan fingerprint density at radius 1 is 1.03 bits per heavy atom. The molecule has 0 aliphatic rings. The van der Waals surface area contributed by atoms with Crippen LogP contribution in [0.3, 0.4) is 0 Å². The van der Waals surface area contributed by atoms with Crippen LogP contribution in [-0.2, 0) is 25.0 Å². The Morgan fingerprint density at radius 3 is 2.45 bits per heavy atom. The monoisotopic (exact) mass is 435 g/mol. The number of esters is 1. The van der Waals surface area contributed by atoms with Crippen LogP contribution in [0.4, 0.5) is 0 Å². The van der Waals surface area contributed by atoms with Crippen molar-refractivity contribution < 1.29 is 19.0 Å². The number of rotatable bonds is 8. The fraction of sp³-hybridized carbons (Fsp3) is 0.174. The van der Waals surface area contributed by atoms with Crippen LogP contribution in [-0.4, -0.2) is 27.6 Å². The maximum absolute atomic E-state index is 12.4. The molecule has 4 aromatic rings. The van der Waals surface area contributed by atoms with Gasteiger partial charge in [-0.15, -0.1) is 11.3 Å². The third kappa shape index (κ3) is 5.10. The lowest BCUT2D eigenvalue weighted by atomic mass is 10.2. The molecule has 4 rings (SSSR count). The van der Waals surface area contributed by atoms with Gasteiger partial charge in [-0.25, -0.2) is 14.8 Å². The van der Waals surface area contributed by atoms with Crippen LogP contribution in [0.1, 0.15) is 21.9 Å². The molecule has 0 spiro atoms. The third-order valence-electron chi connectivity index (χ3n) is 4.63. The van der Waals surface area contributed by atoms with Crippen LogP contribution in [0.25, 0.3) is 10.6 Å². The van der Waals surface area contributed by atoms with Crippen molar-refractivity contribution in [2.75, 3.05) is 7.11 Å². The molecule has 0 saturated heterocycles. The van der Waals surface area contributed by atoms with E-state index in [-0.39, 0.29) is 6.61 Å². The molecule has 31 heavy (non-hydrogen) atoms. The lowest BCUT2D eigenvalue weighted by Crippen LogP contribution is -2.06. The molecular weight excluding hydrogens is 414 g/mol. The topological polar surface area (TPSA) is 75.5 Å². The van der Waals surface area contributed by atoms with Gasteiger partial charge in [-0.3, -0.25) is 0 Å². The molecular formula is C23H21N3O4S. The number of ether oxygens (including phenoxy) is 3. The number of thiazole rings is 1. The van der Waals surface area contributed by atoms with Crippen LogP contribution in [0.2, 0.25) is 0 Å². The summed E-state index contributed by atoms with van der Waals surface area (Å²) in [6.45, 7) is 0.548. The van der Waals surface area contributed by atoms with Gasteiger partial charge in [0.2, 0.25) is 0 Å². The zero-order valence-corrected chi connectivity index (χ0v) is 18.0. The molecule has 158 valence electrons. The summed E-state index contributed by atoms with van der Waals surface area (Å²) in [7, 11) is 3.54. The summed E-state index contributed by atoms with van der Waals surface area (Å²) < 4.78 is 18.2. The number of methoxy groups -OCH3 is 1. The Hall–Kier alpha value is -3.65. The number of aromatic nitrogens is 3. The fourth-order valence-electron chi connectivity index (χ4n) is 2.82. The molecule has 0 N–H and O–H groups in total. The minimum Gasteiger partial charge on any atom is -0.497 e. The summed E-state index contributed by atoms with van der Waals surface area (Å²) in [5.41, 5.74) is 2.08. The number of hydrogen-bond donors (Lipinski definition) is 0. The van der Waals surface area contributed by atoms with Crippen LogP contribution in [0, 0.1) is 0 Å². The number of nitrogens with zero attached hydrogens (tertiary/aromatic N) is 3. The first-order chi connectivity index (χ1) is 15.1. The van der Waals surface area contributed by atoms with Crippen molar-refractivity contribution in [1.82, 2.24) is 14.5 Å². The Kier molecular flexibility index (Phi) is 6.28. The molecule has 0 amide bonds. The van der Waals surface area contributed by atoms with Crippen molar-refractivity contribution in [3.63, 3.8) is 0 Å². The highest BCUT2D eigenvalue weighted by Gasteiger charge is 2.13. The van der Waals surface area contributed by atoms with E-state index >= 15 is 0 Å². The predicted octanol–water partition coefficient (Wildman–Crippen LogP) is 4.49. The van der Waals surface area contributed by atoms with Gasteiger partial charge < -0.3 is 18.8 Å². The molecule has 0 radical (unpaired) electrons. The molecule has 0 fully saturated rings. The lowest BCUT2D eigenvalue weighted by Gasteiger charge is -2.08. The molecule has 2 heterocycles. The van der Waals surface area contributed by atoms with E-state index in [9.17, 15) is 4.79 Å². The first kappa shape index (κ1) is 20.6. The second kappa shape index (κ2) is 9.44. The number of aryl methyl sites for hydroxylation is 1. The fourth-order valence-corrected chi connectivity index (χ4v) is 3.62. The molecule has 0 unspecified atom stereocenters. The van der Waals surface area contributed by atoms with Crippen LogP contribution in [0.15, 0.2) is 66.3 Å². The van der Waals surface area contributed by atoms with Crippen molar-refractivity contribution in [2.45, 2.75) is 13.2 Å².